The normalized spacial score (nSPS) is 13.2. The Morgan fingerprint density at radius 1 is 0.875 bits per heavy atom. The molecule has 0 amide bonds. The van der Waals surface area contributed by atoms with E-state index in [0.29, 0.717) is 0 Å². The van der Waals surface area contributed by atoms with Gasteiger partial charge in [-0.25, -0.2) is 0 Å². The molecule has 0 radical (unpaired) electrons. The molecule has 0 N–H and O–H groups in total. The van der Waals surface area contributed by atoms with Gasteiger partial charge in [-0.3, -0.25) is 0 Å². The quantitative estimate of drug-likeness (QED) is 0.401. The summed E-state index contributed by atoms with van der Waals surface area (Å²) in [6.07, 6.45) is 8.22. The average Bonchev–Trinajstić information content (AvgIpc) is 2.44. The van der Waals surface area contributed by atoms with Crippen LogP contribution in [0.15, 0.2) is 24.3 Å². The van der Waals surface area contributed by atoms with Crippen LogP contribution in [0.1, 0.15) is 99.1 Å². The fourth-order valence-corrected chi connectivity index (χ4v) is 3.27. The zero-order valence-corrected chi connectivity index (χ0v) is 16.8. The molecule has 0 heterocycles. The van der Waals surface area contributed by atoms with Crippen LogP contribution in [0.4, 0.5) is 0 Å². The lowest BCUT2D eigenvalue weighted by Crippen LogP contribution is -2.14. The van der Waals surface area contributed by atoms with E-state index in [9.17, 15) is 0 Å². The van der Waals surface area contributed by atoms with Gasteiger partial charge in [0.25, 0.3) is 0 Å². The summed E-state index contributed by atoms with van der Waals surface area (Å²) in [5, 5.41) is 0. The Balaban J connectivity index is 0.00000529. The molecule has 0 aliphatic carbocycles. The van der Waals surface area contributed by atoms with Gasteiger partial charge in [0.1, 0.15) is 0 Å². The predicted molar refractivity (Wildman–Crippen MR) is 112 cm³/mol. The molecule has 0 aliphatic rings. The van der Waals surface area contributed by atoms with Crippen molar-refractivity contribution in [2.45, 2.75) is 99.8 Å². The minimum atomic E-state index is 0. The number of rotatable bonds is 9. The van der Waals surface area contributed by atoms with Gasteiger partial charge >= 0.3 is 0 Å². The van der Waals surface area contributed by atoms with Crippen LogP contribution in [-0.4, -0.2) is 0 Å². The lowest BCUT2D eigenvalue weighted by atomic mass is 9.82. The zero-order chi connectivity index (χ0) is 17.5. The van der Waals surface area contributed by atoms with Crippen LogP contribution in [-0.2, 0) is 11.8 Å². The Morgan fingerprint density at radius 3 is 2.04 bits per heavy atom. The van der Waals surface area contributed by atoms with Crippen LogP contribution in [0, 0.1) is 17.8 Å². The smallest absolute Gasteiger partial charge is 0.0132 e. The summed E-state index contributed by atoms with van der Waals surface area (Å²) in [6, 6.07) is 9.28. The molecule has 0 aliphatic heterocycles. The minimum Gasteiger partial charge on any atom is -0.0776 e. The highest BCUT2D eigenvalue weighted by atomic mass is 14.2. The summed E-state index contributed by atoms with van der Waals surface area (Å²) < 4.78 is 0. The molecule has 0 aromatic heterocycles. The van der Waals surface area contributed by atoms with Crippen LogP contribution >= 0.6 is 0 Å². The second kappa shape index (κ2) is 11.0. The molecule has 1 unspecified atom stereocenters. The topological polar surface area (TPSA) is 0 Å². The molecule has 0 spiro atoms. The summed E-state index contributed by atoms with van der Waals surface area (Å²) in [6.45, 7) is 16.4. The SMILES string of the molecule is C.CC(C)CCCCCC(Cc1cccc(C(C)(C)C)c1)C(C)C. The standard InChI is InChI=1S/C23H40.CH4/c1-18(2)12-9-8-10-14-21(19(3)4)16-20-13-11-15-22(17-20)23(5,6)7;/h11,13,15,17-19,21H,8-10,12,14,16H2,1-7H3;1H4. The number of unbranched alkanes of at least 4 members (excludes halogenated alkanes) is 2. The van der Waals surface area contributed by atoms with Crippen LogP contribution < -0.4 is 0 Å². The fraction of sp³-hybridized carbons (Fsp3) is 0.750. The third-order valence-corrected chi connectivity index (χ3v) is 5.09. The van der Waals surface area contributed by atoms with E-state index in [1.807, 2.05) is 0 Å². The highest BCUT2D eigenvalue weighted by Crippen LogP contribution is 2.27. The number of benzene rings is 1. The van der Waals surface area contributed by atoms with E-state index in [2.05, 4.69) is 72.7 Å². The second-order valence-electron chi connectivity index (χ2n) is 9.19. The molecule has 1 atom stereocenters. The van der Waals surface area contributed by atoms with Crippen LogP contribution in [0.2, 0.25) is 0 Å². The number of hydrogen-bond acceptors (Lipinski definition) is 0. The average molecular weight is 333 g/mol. The zero-order valence-electron chi connectivity index (χ0n) is 16.8. The molecule has 24 heavy (non-hydrogen) atoms. The molecule has 0 saturated carbocycles. The van der Waals surface area contributed by atoms with E-state index < -0.39 is 0 Å². The van der Waals surface area contributed by atoms with Gasteiger partial charge in [-0.1, -0.05) is 106 Å². The molecular formula is C24H44. The molecule has 0 nitrogen and oxygen atoms in total. The van der Waals surface area contributed by atoms with Crippen molar-refractivity contribution in [3.05, 3.63) is 35.4 Å². The maximum Gasteiger partial charge on any atom is -0.0132 e. The van der Waals surface area contributed by atoms with Crippen molar-refractivity contribution in [3.63, 3.8) is 0 Å². The van der Waals surface area contributed by atoms with Crippen molar-refractivity contribution in [3.8, 4) is 0 Å². The molecule has 140 valence electrons. The highest BCUT2D eigenvalue weighted by molar-refractivity contribution is 5.28. The molecule has 0 fully saturated rings. The highest BCUT2D eigenvalue weighted by Gasteiger charge is 2.17. The summed E-state index contributed by atoms with van der Waals surface area (Å²) >= 11 is 0. The lowest BCUT2D eigenvalue weighted by Gasteiger charge is -2.23. The van der Waals surface area contributed by atoms with Crippen LogP contribution in [0.5, 0.6) is 0 Å². The molecule has 1 aromatic carbocycles. The van der Waals surface area contributed by atoms with Gasteiger partial charge in [0, 0.05) is 0 Å². The molecular weight excluding hydrogens is 288 g/mol. The Labute approximate surface area is 153 Å². The molecule has 1 rings (SSSR count). The maximum atomic E-state index is 2.44. The van der Waals surface area contributed by atoms with E-state index in [0.717, 1.165) is 17.8 Å². The third kappa shape index (κ3) is 8.90. The first-order chi connectivity index (χ1) is 10.7. The van der Waals surface area contributed by atoms with E-state index in [1.54, 1.807) is 0 Å². The number of hydrogen-bond donors (Lipinski definition) is 0. The summed E-state index contributed by atoms with van der Waals surface area (Å²) in [5.41, 5.74) is 3.24. The second-order valence-corrected chi connectivity index (χ2v) is 9.19. The van der Waals surface area contributed by atoms with E-state index in [4.69, 9.17) is 0 Å². The van der Waals surface area contributed by atoms with Gasteiger partial charge in [-0.2, -0.15) is 0 Å². The van der Waals surface area contributed by atoms with Gasteiger partial charge in [-0.05, 0) is 47.1 Å². The van der Waals surface area contributed by atoms with E-state index in [1.165, 1.54) is 49.7 Å². The summed E-state index contributed by atoms with van der Waals surface area (Å²) in [7, 11) is 0. The van der Waals surface area contributed by atoms with Crippen LogP contribution in [0.3, 0.4) is 0 Å². The Morgan fingerprint density at radius 2 is 1.50 bits per heavy atom. The van der Waals surface area contributed by atoms with Gasteiger partial charge < -0.3 is 0 Å². The van der Waals surface area contributed by atoms with Gasteiger partial charge in [-0.15, -0.1) is 0 Å². The summed E-state index contributed by atoms with van der Waals surface area (Å²) in [4.78, 5) is 0. The first-order valence-corrected chi connectivity index (χ1v) is 9.79. The monoisotopic (exact) mass is 332 g/mol. The van der Waals surface area contributed by atoms with Crippen molar-refractivity contribution in [2.24, 2.45) is 17.8 Å². The Bertz CT molecular complexity index is 434. The largest absolute Gasteiger partial charge is 0.0776 e. The van der Waals surface area contributed by atoms with Gasteiger partial charge in [0.2, 0.25) is 0 Å². The van der Waals surface area contributed by atoms with Gasteiger partial charge in [0.15, 0.2) is 0 Å². The van der Waals surface area contributed by atoms with Crippen molar-refractivity contribution < 1.29 is 0 Å². The predicted octanol–water partition coefficient (Wildman–Crippen LogP) is 8.04. The Hall–Kier alpha value is -0.780. The first kappa shape index (κ1) is 23.2. The van der Waals surface area contributed by atoms with Gasteiger partial charge in [0.05, 0.1) is 0 Å². The maximum absolute atomic E-state index is 2.44. The molecule has 0 saturated heterocycles. The molecule has 0 heteroatoms. The molecule has 1 aromatic rings. The minimum absolute atomic E-state index is 0. The van der Waals surface area contributed by atoms with Crippen molar-refractivity contribution in [1.82, 2.24) is 0 Å². The van der Waals surface area contributed by atoms with E-state index in [-0.39, 0.29) is 12.8 Å². The third-order valence-electron chi connectivity index (χ3n) is 5.09. The fourth-order valence-electron chi connectivity index (χ4n) is 3.27. The Kier molecular flexibility index (Phi) is 10.6. The van der Waals surface area contributed by atoms with Crippen molar-refractivity contribution >= 4 is 0 Å². The van der Waals surface area contributed by atoms with Crippen molar-refractivity contribution in [1.29, 1.82) is 0 Å². The lowest BCUT2D eigenvalue weighted by molar-refractivity contribution is 0.341. The van der Waals surface area contributed by atoms with Crippen LogP contribution in [0.25, 0.3) is 0 Å². The summed E-state index contributed by atoms with van der Waals surface area (Å²) in [5.74, 6) is 2.46. The first-order valence-electron chi connectivity index (χ1n) is 9.79. The molecule has 0 bridgehead atoms. The van der Waals surface area contributed by atoms with E-state index >= 15 is 0 Å². The van der Waals surface area contributed by atoms with Crippen molar-refractivity contribution in [2.75, 3.05) is 0 Å².